The molecule has 1 aromatic carbocycles. The fourth-order valence-corrected chi connectivity index (χ4v) is 2.47. The summed E-state index contributed by atoms with van der Waals surface area (Å²) in [6.07, 6.45) is 2.44. The Balaban J connectivity index is 1.93. The third-order valence-corrected chi connectivity index (χ3v) is 3.58. The van der Waals surface area contributed by atoms with Crippen LogP contribution in [0, 0.1) is 12.8 Å². The van der Waals surface area contributed by atoms with Crippen molar-refractivity contribution in [3.05, 3.63) is 35.4 Å². The zero-order valence-electron chi connectivity index (χ0n) is 11.3. The van der Waals surface area contributed by atoms with Gasteiger partial charge in [0.2, 0.25) is 0 Å². The first kappa shape index (κ1) is 13.1. The van der Waals surface area contributed by atoms with Gasteiger partial charge in [0.1, 0.15) is 0 Å². The third-order valence-electron chi connectivity index (χ3n) is 3.58. The van der Waals surface area contributed by atoms with Gasteiger partial charge in [-0.2, -0.15) is 0 Å². The van der Waals surface area contributed by atoms with E-state index in [-0.39, 0.29) is 5.91 Å². The molecule has 1 N–H and O–H groups in total. The Morgan fingerprint density at radius 1 is 1.39 bits per heavy atom. The van der Waals surface area contributed by atoms with Crippen molar-refractivity contribution in [1.29, 1.82) is 0 Å². The molecule has 1 aliphatic heterocycles. The number of carbonyl (C=O) groups excluding carboxylic acids is 1. The molecule has 1 heterocycles. The summed E-state index contributed by atoms with van der Waals surface area (Å²) in [6, 6.07) is 7.80. The molecule has 0 aromatic heterocycles. The lowest BCUT2D eigenvalue weighted by Crippen LogP contribution is -2.39. The minimum absolute atomic E-state index is 0.126. The molecule has 1 amide bonds. The summed E-state index contributed by atoms with van der Waals surface area (Å²) in [5, 5.41) is 3.39. The van der Waals surface area contributed by atoms with Crippen LogP contribution >= 0.6 is 0 Å². The summed E-state index contributed by atoms with van der Waals surface area (Å²) >= 11 is 0. The topological polar surface area (TPSA) is 32.3 Å². The Kier molecular flexibility index (Phi) is 4.37. The van der Waals surface area contributed by atoms with Crippen molar-refractivity contribution in [3.63, 3.8) is 0 Å². The first-order chi connectivity index (χ1) is 8.66. The number of nitrogens with one attached hydrogen (secondary N) is 1. The first-order valence-electron chi connectivity index (χ1n) is 6.69. The van der Waals surface area contributed by atoms with E-state index in [2.05, 4.69) is 5.32 Å². The zero-order valence-corrected chi connectivity index (χ0v) is 11.3. The quantitative estimate of drug-likeness (QED) is 0.885. The number of benzene rings is 1. The molecule has 1 aliphatic rings. The average Bonchev–Trinajstić information content (AvgIpc) is 2.40. The Bertz CT molecular complexity index is 393. The van der Waals surface area contributed by atoms with Gasteiger partial charge in [0.15, 0.2) is 0 Å². The monoisotopic (exact) mass is 246 g/mol. The maximum atomic E-state index is 12.2. The van der Waals surface area contributed by atoms with E-state index in [4.69, 9.17) is 0 Å². The molecular weight excluding hydrogens is 224 g/mol. The van der Waals surface area contributed by atoms with Gasteiger partial charge in [0.05, 0.1) is 0 Å². The highest BCUT2D eigenvalue weighted by atomic mass is 16.2. The first-order valence-corrected chi connectivity index (χ1v) is 6.69. The van der Waals surface area contributed by atoms with E-state index in [1.54, 1.807) is 0 Å². The summed E-state index contributed by atoms with van der Waals surface area (Å²) in [6.45, 7) is 5.03. The predicted molar refractivity (Wildman–Crippen MR) is 73.7 cm³/mol. The van der Waals surface area contributed by atoms with Crippen LogP contribution in [0.25, 0.3) is 0 Å². The van der Waals surface area contributed by atoms with Gasteiger partial charge >= 0.3 is 0 Å². The highest BCUT2D eigenvalue weighted by molar-refractivity contribution is 5.94. The normalized spacial score (nSPS) is 19.6. The van der Waals surface area contributed by atoms with E-state index in [9.17, 15) is 4.79 Å². The lowest BCUT2D eigenvalue weighted by Gasteiger charge is -2.27. The minimum atomic E-state index is 0.126. The molecule has 0 bridgehead atoms. The van der Waals surface area contributed by atoms with E-state index < -0.39 is 0 Å². The van der Waals surface area contributed by atoms with Crippen LogP contribution in [0.5, 0.6) is 0 Å². The van der Waals surface area contributed by atoms with Crippen LogP contribution in [0.15, 0.2) is 24.3 Å². The van der Waals surface area contributed by atoms with Crippen molar-refractivity contribution in [2.45, 2.75) is 19.8 Å². The molecule has 98 valence electrons. The lowest BCUT2D eigenvalue weighted by atomic mass is 9.99. The number of piperidine rings is 1. The molecular formula is C15H22N2O. The lowest BCUT2D eigenvalue weighted by molar-refractivity contribution is 0.0765. The van der Waals surface area contributed by atoms with E-state index in [0.29, 0.717) is 5.92 Å². The summed E-state index contributed by atoms with van der Waals surface area (Å²) in [5.41, 5.74) is 1.97. The Labute approximate surface area is 109 Å². The molecule has 1 fully saturated rings. The summed E-state index contributed by atoms with van der Waals surface area (Å²) in [4.78, 5) is 14.1. The SMILES string of the molecule is Cc1ccc(C(=O)N(C)CC2CCCNC2)cc1. The van der Waals surface area contributed by atoms with Gasteiger partial charge in [0.25, 0.3) is 5.91 Å². The largest absolute Gasteiger partial charge is 0.341 e. The zero-order chi connectivity index (χ0) is 13.0. The second-order valence-electron chi connectivity index (χ2n) is 5.26. The molecule has 1 atom stereocenters. The molecule has 3 nitrogen and oxygen atoms in total. The fraction of sp³-hybridized carbons (Fsp3) is 0.533. The van der Waals surface area contributed by atoms with Crippen molar-refractivity contribution in [2.75, 3.05) is 26.7 Å². The molecule has 0 radical (unpaired) electrons. The summed E-state index contributed by atoms with van der Waals surface area (Å²) in [7, 11) is 1.90. The maximum absolute atomic E-state index is 12.2. The standard InChI is InChI=1S/C15H22N2O/c1-12-5-7-14(8-6-12)15(18)17(2)11-13-4-3-9-16-10-13/h5-8,13,16H,3-4,9-11H2,1-2H3. The molecule has 0 saturated carbocycles. The van der Waals surface area contributed by atoms with Crippen LogP contribution in [-0.2, 0) is 0 Å². The number of hydrogen-bond donors (Lipinski definition) is 1. The van der Waals surface area contributed by atoms with Crippen molar-refractivity contribution in [1.82, 2.24) is 10.2 Å². The van der Waals surface area contributed by atoms with Gasteiger partial charge in [-0.05, 0) is 50.9 Å². The molecule has 1 aromatic rings. The predicted octanol–water partition coefficient (Wildman–Crippen LogP) is 2.07. The second-order valence-corrected chi connectivity index (χ2v) is 5.26. The third kappa shape index (κ3) is 3.33. The number of hydrogen-bond acceptors (Lipinski definition) is 2. The van der Waals surface area contributed by atoms with Gasteiger partial charge in [-0.25, -0.2) is 0 Å². The Morgan fingerprint density at radius 3 is 2.72 bits per heavy atom. The number of amides is 1. The van der Waals surface area contributed by atoms with Crippen LogP contribution in [0.2, 0.25) is 0 Å². The molecule has 0 spiro atoms. The molecule has 3 heteroatoms. The average molecular weight is 246 g/mol. The van der Waals surface area contributed by atoms with Gasteiger partial charge in [0, 0.05) is 19.2 Å². The molecule has 1 unspecified atom stereocenters. The van der Waals surface area contributed by atoms with Crippen molar-refractivity contribution in [2.24, 2.45) is 5.92 Å². The van der Waals surface area contributed by atoms with E-state index in [1.165, 1.54) is 18.4 Å². The minimum Gasteiger partial charge on any atom is -0.341 e. The summed E-state index contributed by atoms with van der Waals surface area (Å²) in [5.74, 6) is 0.721. The van der Waals surface area contributed by atoms with Crippen LogP contribution in [0.4, 0.5) is 0 Å². The highest BCUT2D eigenvalue weighted by Crippen LogP contribution is 2.13. The van der Waals surface area contributed by atoms with Crippen molar-refractivity contribution < 1.29 is 4.79 Å². The van der Waals surface area contributed by atoms with Gasteiger partial charge in [-0.15, -0.1) is 0 Å². The second kappa shape index (κ2) is 6.01. The fourth-order valence-electron chi connectivity index (χ4n) is 2.47. The Morgan fingerprint density at radius 2 is 2.11 bits per heavy atom. The number of rotatable bonds is 3. The number of nitrogens with zero attached hydrogens (tertiary/aromatic N) is 1. The molecule has 18 heavy (non-hydrogen) atoms. The van der Waals surface area contributed by atoms with Gasteiger partial charge < -0.3 is 10.2 Å². The summed E-state index contributed by atoms with van der Waals surface area (Å²) < 4.78 is 0. The number of aryl methyl sites for hydroxylation is 1. The van der Waals surface area contributed by atoms with E-state index >= 15 is 0 Å². The van der Waals surface area contributed by atoms with Crippen LogP contribution < -0.4 is 5.32 Å². The maximum Gasteiger partial charge on any atom is 0.253 e. The van der Waals surface area contributed by atoms with Gasteiger partial charge in [-0.1, -0.05) is 17.7 Å². The molecule has 2 rings (SSSR count). The van der Waals surface area contributed by atoms with Gasteiger partial charge in [-0.3, -0.25) is 4.79 Å². The Hall–Kier alpha value is -1.35. The van der Waals surface area contributed by atoms with Crippen LogP contribution in [0.3, 0.4) is 0 Å². The number of carbonyl (C=O) groups is 1. The van der Waals surface area contributed by atoms with E-state index in [1.807, 2.05) is 43.1 Å². The van der Waals surface area contributed by atoms with Crippen LogP contribution in [0.1, 0.15) is 28.8 Å². The smallest absolute Gasteiger partial charge is 0.253 e. The van der Waals surface area contributed by atoms with Crippen molar-refractivity contribution >= 4 is 5.91 Å². The van der Waals surface area contributed by atoms with E-state index in [0.717, 1.165) is 25.2 Å². The molecule has 0 aliphatic carbocycles. The molecule has 1 saturated heterocycles. The van der Waals surface area contributed by atoms with Crippen LogP contribution in [-0.4, -0.2) is 37.5 Å². The highest BCUT2D eigenvalue weighted by Gasteiger charge is 2.18. The van der Waals surface area contributed by atoms with Crippen molar-refractivity contribution in [3.8, 4) is 0 Å².